The monoisotopic (exact) mass is 289 g/mol. The Morgan fingerprint density at radius 2 is 1.62 bits per heavy atom. The third-order valence-corrected chi connectivity index (χ3v) is 5.01. The van der Waals surface area contributed by atoms with Gasteiger partial charge in [-0.05, 0) is 13.8 Å². The fourth-order valence-electron chi connectivity index (χ4n) is 1.72. The molecule has 0 N–H and O–H groups in total. The lowest BCUT2D eigenvalue weighted by molar-refractivity contribution is 0.0262. The van der Waals surface area contributed by atoms with Crippen LogP contribution in [-0.4, -0.2) is 41.7 Å². The maximum absolute atomic E-state index is 12.5. The lowest BCUT2D eigenvalue weighted by atomic mass is 10.2. The molecule has 0 saturated carbocycles. The van der Waals surface area contributed by atoms with E-state index >= 15 is 0 Å². The van der Waals surface area contributed by atoms with Gasteiger partial charge in [0.2, 0.25) is 0 Å². The molecule has 1 saturated heterocycles. The third-order valence-electron chi connectivity index (χ3n) is 2.32. The maximum atomic E-state index is 12.5. The van der Waals surface area contributed by atoms with Crippen LogP contribution in [0.5, 0.6) is 0 Å². The van der Waals surface area contributed by atoms with E-state index in [1.165, 1.54) is 0 Å². The van der Waals surface area contributed by atoms with E-state index in [9.17, 15) is 4.57 Å². The van der Waals surface area contributed by atoms with Crippen LogP contribution < -0.4 is 0 Å². The van der Waals surface area contributed by atoms with Crippen molar-refractivity contribution in [1.82, 2.24) is 4.67 Å². The van der Waals surface area contributed by atoms with Gasteiger partial charge in [-0.1, -0.05) is 0 Å². The Labute approximate surface area is 107 Å². The molecular weight excluding hydrogens is 272 g/mol. The smallest absolute Gasteiger partial charge is 0.293 e. The minimum absolute atomic E-state index is 0.0669. The Bertz CT molecular complexity index is 247. The molecule has 2 atom stereocenters. The SMILES string of the molecule is CC1CC(C)OP(=O)(N(CCCl)CCCl)O1. The second kappa shape index (κ2) is 6.58. The molecule has 0 radical (unpaired) electrons. The van der Waals surface area contributed by atoms with E-state index in [-0.39, 0.29) is 12.2 Å². The summed E-state index contributed by atoms with van der Waals surface area (Å²) in [4.78, 5) is 0. The summed E-state index contributed by atoms with van der Waals surface area (Å²) in [5.74, 6) is 0.743. The van der Waals surface area contributed by atoms with Gasteiger partial charge in [0.25, 0.3) is 0 Å². The van der Waals surface area contributed by atoms with Crippen molar-refractivity contribution in [3.8, 4) is 0 Å². The molecule has 2 unspecified atom stereocenters. The zero-order valence-corrected chi connectivity index (χ0v) is 12.0. The van der Waals surface area contributed by atoms with Crippen molar-refractivity contribution in [2.24, 2.45) is 0 Å². The summed E-state index contributed by atoms with van der Waals surface area (Å²) in [5.41, 5.74) is 0. The Balaban J connectivity index is 2.74. The van der Waals surface area contributed by atoms with Crippen LogP contribution in [0.3, 0.4) is 0 Å². The van der Waals surface area contributed by atoms with Gasteiger partial charge in [-0.25, -0.2) is 9.24 Å². The average molecular weight is 290 g/mol. The van der Waals surface area contributed by atoms with Crippen molar-refractivity contribution >= 4 is 30.9 Å². The van der Waals surface area contributed by atoms with Gasteiger partial charge in [-0.15, -0.1) is 23.2 Å². The van der Waals surface area contributed by atoms with E-state index < -0.39 is 7.75 Å². The highest BCUT2D eigenvalue weighted by Gasteiger charge is 2.40. The number of nitrogens with zero attached hydrogens (tertiary/aromatic N) is 1. The fourth-order valence-corrected chi connectivity index (χ4v) is 4.45. The van der Waals surface area contributed by atoms with E-state index in [0.717, 1.165) is 6.42 Å². The van der Waals surface area contributed by atoms with Gasteiger partial charge in [0.05, 0.1) is 12.2 Å². The summed E-state index contributed by atoms with van der Waals surface area (Å²) in [7, 11) is -3.20. The molecule has 0 aromatic carbocycles. The molecule has 1 heterocycles. The molecule has 4 nitrogen and oxygen atoms in total. The number of rotatable bonds is 5. The first-order chi connectivity index (χ1) is 7.51. The van der Waals surface area contributed by atoms with E-state index in [0.29, 0.717) is 24.8 Å². The molecule has 0 bridgehead atoms. The summed E-state index contributed by atoms with van der Waals surface area (Å²) in [6.45, 7) is 4.69. The standard InChI is InChI=1S/C9H18Cl2NO3P/c1-8-7-9(2)15-16(13,14-8)12(5-3-10)6-4-11/h8-9H,3-7H2,1-2H3. The zero-order chi connectivity index (χ0) is 12.2. The molecule has 96 valence electrons. The van der Waals surface area contributed by atoms with E-state index in [1.54, 1.807) is 4.67 Å². The predicted molar refractivity (Wildman–Crippen MR) is 66.3 cm³/mol. The van der Waals surface area contributed by atoms with Crippen LogP contribution >= 0.6 is 30.9 Å². The number of hydrogen-bond acceptors (Lipinski definition) is 3. The van der Waals surface area contributed by atoms with Gasteiger partial charge in [0.15, 0.2) is 0 Å². The molecule has 0 amide bonds. The molecule has 1 fully saturated rings. The van der Waals surface area contributed by atoms with E-state index in [1.807, 2.05) is 13.8 Å². The topological polar surface area (TPSA) is 38.8 Å². The molecule has 0 spiro atoms. The predicted octanol–water partition coefficient (Wildman–Crippen LogP) is 3.09. The second-order valence-corrected chi connectivity index (χ2v) is 6.55. The number of halogens is 2. The summed E-state index contributed by atoms with van der Waals surface area (Å²) in [6.07, 6.45) is 0.616. The number of alkyl halides is 2. The molecular formula is C9H18Cl2NO3P. The van der Waals surface area contributed by atoms with Crippen molar-refractivity contribution in [3.63, 3.8) is 0 Å². The molecule has 7 heteroatoms. The van der Waals surface area contributed by atoms with Crippen molar-refractivity contribution < 1.29 is 13.6 Å². The molecule has 0 aliphatic carbocycles. The quantitative estimate of drug-likeness (QED) is 0.576. The van der Waals surface area contributed by atoms with Crippen molar-refractivity contribution in [3.05, 3.63) is 0 Å². The lowest BCUT2D eigenvalue weighted by Gasteiger charge is -2.37. The Morgan fingerprint density at radius 3 is 2.00 bits per heavy atom. The van der Waals surface area contributed by atoms with Crippen LogP contribution in [0.25, 0.3) is 0 Å². The summed E-state index contributed by atoms with van der Waals surface area (Å²) in [6, 6.07) is 0. The molecule has 0 aromatic rings. The van der Waals surface area contributed by atoms with Crippen LogP contribution in [0.1, 0.15) is 20.3 Å². The first-order valence-corrected chi connectivity index (χ1v) is 7.92. The first kappa shape index (κ1) is 14.7. The molecule has 16 heavy (non-hydrogen) atoms. The maximum Gasteiger partial charge on any atom is 0.408 e. The summed E-state index contributed by atoms with van der Waals surface area (Å²) < 4.78 is 25.0. The van der Waals surface area contributed by atoms with Gasteiger partial charge in [0.1, 0.15) is 0 Å². The lowest BCUT2D eigenvalue weighted by Crippen LogP contribution is -2.34. The van der Waals surface area contributed by atoms with Gasteiger partial charge in [0, 0.05) is 31.3 Å². The molecule has 1 aliphatic heterocycles. The van der Waals surface area contributed by atoms with Crippen molar-refractivity contribution in [2.75, 3.05) is 24.8 Å². The fraction of sp³-hybridized carbons (Fsp3) is 1.00. The zero-order valence-electron chi connectivity index (χ0n) is 9.57. The third kappa shape index (κ3) is 3.86. The molecule has 0 aromatic heterocycles. The highest BCUT2D eigenvalue weighted by Crippen LogP contribution is 2.57. The van der Waals surface area contributed by atoms with Gasteiger partial charge in [-0.3, -0.25) is 9.05 Å². The Kier molecular flexibility index (Phi) is 6.06. The minimum atomic E-state index is -3.20. The Morgan fingerprint density at radius 1 is 1.19 bits per heavy atom. The van der Waals surface area contributed by atoms with Crippen molar-refractivity contribution in [2.45, 2.75) is 32.5 Å². The highest BCUT2D eigenvalue weighted by molar-refractivity contribution is 7.51. The molecule has 1 rings (SSSR count). The average Bonchev–Trinajstić information content (AvgIpc) is 2.15. The Hall–Kier alpha value is 0.690. The second-order valence-electron chi connectivity index (χ2n) is 3.87. The summed E-state index contributed by atoms with van der Waals surface area (Å²) >= 11 is 11.3. The van der Waals surface area contributed by atoms with Gasteiger partial charge >= 0.3 is 7.75 Å². The first-order valence-electron chi connectivity index (χ1n) is 5.36. The number of hydrogen-bond donors (Lipinski definition) is 0. The van der Waals surface area contributed by atoms with Gasteiger partial charge < -0.3 is 0 Å². The van der Waals surface area contributed by atoms with Crippen LogP contribution in [-0.2, 0) is 13.6 Å². The van der Waals surface area contributed by atoms with Crippen LogP contribution in [0, 0.1) is 0 Å². The van der Waals surface area contributed by atoms with E-state index in [2.05, 4.69) is 0 Å². The van der Waals surface area contributed by atoms with Crippen LogP contribution in [0.2, 0.25) is 0 Å². The van der Waals surface area contributed by atoms with Crippen LogP contribution in [0.15, 0.2) is 0 Å². The van der Waals surface area contributed by atoms with Crippen molar-refractivity contribution in [1.29, 1.82) is 0 Å². The molecule has 1 aliphatic rings. The summed E-state index contributed by atoms with van der Waals surface area (Å²) in [5, 5.41) is 0. The highest BCUT2D eigenvalue weighted by atomic mass is 35.5. The van der Waals surface area contributed by atoms with Crippen LogP contribution in [0.4, 0.5) is 0 Å². The normalized spacial score (nSPS) is 35.6. The minimum Gasteiger partial charge on any atom is -0.293 e. The van der Waals surface area contributed by atoms with Gasteiger partial charge in [-0.2, -0.15) is 0 Å². The largest absolute Gasteiger partial charge is 0.408 e. The van der Waals surface area contributed by atoms with E-state index in [4.69, 9.17) is 32.2 Å².